The van der Waals surface area contributed by atoms with Crippen LogP contribution in [0.4, 0.5) is 13.2 Å². The van der Waals surface area contributed by atoms with Crippen molar-refractivity contribution in [3.8, 4) is 0 Å². The minimum absolute atomic E-state index is 0.0263. The second-order valence-electron chi connectivity index (χ2n) is 9.89. The topological polar surface area (TPSA) is 34.0 Å². The molecule has 1 amide bonds. The minimum atomic E-state index is -4.62. The molecule has 32 heavy (non-hydrogen) atoms. The Labute approximate surface area is 187 Å². The highest BCUT2D eigenvalue weighted by Crippen LogP contribution is 2.35. The quantitative estimate of drug-likeness (QED) is 0.455. The molecule has 1 N–H and O–H groups in total. The Kier molecular flexibility index (Phi) is 6.45. The number of halogens is 3. The Bertz CT molecular complexity index is 1120. The zero-order chi connectivity index (χ0) is 23.8. The van der Waals surface area contributed by atoms with Gasteiger partial charge in [-0.1, -0.05) is 65.0 Å². The van der Waals surface area contributed by atoms with Crippen molar-refractivity contribution in [2.24, 2.45) is 5.92 Å². The van der Waals surface area contributed by atoms with Crippen molar-refractivity contribution < 1.29 is 18.0 Å². The molecule has 172 valence electrons. The van der Waals surface area contributed by atoms with E-state index < -0.39 is 18.1 Å². The van der Waals surface area contributed by atoms with E-state index in [9.17, 15) is 18.0 Å². The van der Waals surface area contributed by atoms with Gasteiger partial charge in [-0.3, -0.25) is 4.79 Å². The fraction of sp³-hybridized carbons (Fsp3) is 0.423. The van der Waals surface area contributed by atoms with Gasteiger partial charge < -0.3 is 9.88 Å². The molecule has 3 rings (SSSR count). The maximum Gasteiger partial charge on any atom is 0.412 e. The standard InChI is InChI=1S/C26H31F3N2O/c1-16(2)15-31-17(3)12-18-10-11-20(14-22(18)31)24(32)30-23(26(27,28)29)19-8-7-9-21(13-19)25(4,5)6/h7-14,16,23H,15H2,1-6H3,(H,30,32)/t23-/m1/s1. The monoisotopic (exact) mass is 444 g/mol. The Morgan fingerprint density at radius 2 is 1.72 bits per heavy atom. The molecule has 3 aromatic rings. The number of hydrogen-bond donors (Lipinski definition) is 1. The maximum atomic E-state index is 14.0. The summed E-state index contributed by atoms with van der Waals surface area (Å²) in [6.07, 6.45) is -4.62. The summed E-state index contributed by atoms with van der Waals surface area (Å²) in [4.78, 5) is 12.9. The van der Waals surface area contributed by atoms with E-state index in [1.165, 1.54) is 12.1 Å². The van der Waals surface area contributed by atoms with Gasteiger partial charge in [0.2, 0.25) is 0 Å². The van der Waals surface area contributed by atoms with Gasteiger partial charge in [0, 0.05) is 23.3 Å². The average Bonchev–Trinajstić information content (AvgIpc) is 2.98. The molecule has 0 saturated heterocycles. The molecule has 0 unspecified atom stereocenters. The lowest BCUT2D eigenvalue weighted by Gasteiger charge is -2.25. The molecule has 0 spiro atoms. The summed E-state index contributed by atoms with van der Waals surface area (Å²) in [5, 5.41) is 3.19. The Morgan fingerprint density at radius 1 is 1.03 bits per heavy atom. The lowest BCUT2D eigenvalue weighted by atomic mass is 9.85. The third-order valence-electron chi connectivity index (χ3n) is 5.61. The van der Waals surface area contributed by atoms with Gasteiger partial charge in [-0.2, -0.15) is 13.2 Å². The zero-order valence-corrected chi connectivity index (χ0v) is 19.5. The Balaban J connectivity index is 1.96. The van der Waals surface area contributed by atoms with Crippen molar-refractivity contribution in [3.63, 3.8) is 0 Å². The second-order valence-corrected chi connectivity index (χ2v) is 9.89. The molecule has 0 radical (unpaired) electrons. The minimum Gasteiger partial charge on any atom is -0.345 e. The van der Waals surface area contributed by atoms with Crippen LogP contribution < -0.4 is 5.32 Å². The van der Waals surface area contributed by atoms with Crippen LogP contribution >= 0.6 is 0 Å². The second kappa shape index (κ2) is 8.64. The molecule has 0 aliphatic carbocycles. The number of alkyl halides is 3. The highest BCUT2D eigenvalue weighted by molar-refractivity contribution is 5.98. The van der Waals surface area contributed by atoms with Crippen LogP contribution in [0.15, 0.2) is 48.5 Å². The van der Waals surface area contributed by atoms with Crippen LogP contribution in [-0.2, 0) is 12.0 Å². The van der Waals surface area contributed by atoms with Gasteiger partial charge in [0.15, 0.2) is 6.04 Å². The largest absolute Gasteiger partial charge is 0.412 e. The van der Waals surface area contributed by atoms with Gasteiger partial charge >= 0.3 is 6.18 Å². The molecule has 0 bridgehead atoms. The van der Waals surface area contributed by atoms with Gasteiger partial charge in [0.25, 0.3) is 5.91 Å². The predicted molar refractivity (Wildman–Crippen MR) is 123 cm³/mol. The van der Waals surface area contributed by atoms with E-state index in [0.29, 0.717) is 5.92 Å². The zero-order valence-electron chi connectivity index (χ0n) is 19.5. The molecule has 0 saturated carbocycles. The van der Waals surface area contributed by atoms with E-state index in [-0.39, 0.29) is 16.5 Å². The fourth-order valence-corrected chi connectivity index (χ4v) is 3.89. The first kappa shape index (κ1) is 23.9. The van der Waals surface area contributed by atoms with Gasteiger partial charge in [-0.25, -0.2) is 0 Å². The van der Waals surface area contributed by atoms with E-state index in [1.807, 2.05) is 33.8 Å². The van der Waals surface area contributed by atoms with Crippen molar-refractivity contribution in [1.82, 2.24) is 9.88 Å². The first-order valence-corrected chi connectivity index (χ1v) is 10.9. The van der Waals surface area contributed by atoms with Crippen molar-refractivity contribution in [2.75, 3.05) is 0 Å². The van der Waals surface area contributed by atoms with E-state index in [4.69, 9.17) is 0 Å². The summed E-state index contributed by atoms with van der Waals surface area (Å²) in [6.45, 7) is 12.8. The van der Waals surface area contributed by atoms with Crippen LogP contribution in [0.25, 0.3) is 10.9 Å². The highest BCUT2D eigenvalue weighted by Gasteiger charge is 2.42. The molecule has 6 heteroatoms. The highest BCUT2D eigenvalue weighted by atomic mass is 19.4. The number of benzene rings is 2. The first-order chi connectivity index (χ1) is 14.8. The molecule has 1 atom stereocenters. The summed E-state index contributed by atoms with van der Waals surface area (Å²) < 4.78 is 44.0. The number of nitrogens with one attached hydrogen (secondary N) is 1. The van der Waals surface area contributed by atoms with E-state index in [0.717, 1.165) is 28.7 Å². The Morgan fingerprint density at radius 3 is 2.31 bits per heavy atom. The molecular weight excluding hydrogens is 413 g/mol. The lowest BCUT2D eigenvalue weighted by molar-refractivity contribution is -0.155. The van der Waals surface area contributed by atoms with Gasteiger partial charge in [0.1, 0.15) is 0 Å². The van der Waals surface area contributed by atoms with Crippen LogP contribution in [0.1, 0.15) is 67.8 Å². The Hall–Kier alpha value is -2.76. The van der Waals surface area contributed by atoms with Crippen LogP contribution in [0, 0.1) is 12.8 Å². The fourth-order valence-electron chi connectivity index (χ4n) is 3.89. The van der Waals surface area contributed by atoms with E-state index in [1.54, 1.807) is 30.3 Å². The molecule has 0 aliphatic rings. The number of fused-ring (bicyclic) bond motifs is 1. The van der Waals surface area contributed by atoms with Gasteiger partial charge in [-0.05, 0) is 53.0 Å². The number of carbonyl (C=O) groups is 1. The number of nitrogens with zero attached hydrogens (tertiary/aromatic N) is 1. The van der Waals surface area contributed by atoms with Gasteiger partial charge in [0.05, 0.1) is 0 Å². The normalized spacial score (nSPS) is 13.6. The third kappa shape index (κ3) is 5.17. The third-order valence-corrected chi connectivity index (χ3v) is 5.61. The van der Waals surface area contributed by atoms with E-state index >= 15 is 0 Å². The van der Waals surface area contributed by atoms with Crippen LogP contribution in [0.5, 0.6) is 0 Å². The van der Waals surface area contributed by atoms with Crippen molar-refractivity contribution >= 4 is 16.8 Å². The van der Waals surface area contributed by atoms with Crippen LogP contribution in [0.3, 0.4) is 0 Å². The lowest BCUT2D eigenvalue weighted by Crippen LogP contribution is -2.38. The van der Waals surface area contributed by atoms with Crippen molar-refractivity contribution in [1.29, 1.82) is 0 Å². The molecule has 0 aliphatic heterocycles. The molecular formula is C26H31F3N2O. The molecule has 2 aromatic carbocycles. The molecule has 3 nitrogen and oxygen atoms in total. The number of carbonyl (C=O) groups excluding carboxylic acids is 1. The molecule has 1 heterocycles. The maximum absolute atomic E-state index is 14.0. The number of aromatic nitrogens is 1. The average molecular weight is 445 g/mol. The summed E-state index contributed by atoms with van der Waals surface area (Å²) >= 11 is 0. The van der Waals surface area contributed by atoms with Crippen molar-refractivity contribution in [2.45, 2.75) is 65.7 Å². The summed E-state index contributed by atoms with van der Waals surface area (Å²) in [5.74, 6) is -0.350. The summed E-state index contributed by atoms with van der Waals surface area (Å²) in [7, 11) is 0. The van der Waals surface area contributed by atoms with Crippen LogP contribution in [-0.4, -0.2) is 16.7 Å². The molecule has 1 aromatic heterocycles. The van der Waals surface area contributed by atoms with Crippen LogP contribution in [0.2, 0.25) is 0 Å². The summed E-state index contributed by atoms with van der Waals surface area (Å²) in [6, 6.07) is 11.3. The van der Waals surface area contributed by atoms with Gasteiger partial charge in [-0.15, -0.1) is 0 Å². The SMILES string of the molecule is Cc1cc2ccc(C(=O)N[C@H](c3cccc(C(C)(C)C)c3)C(F)(F)F)cc2n1CC(C)C. The smallest absolute Gasteiger partial charge is 0.345 e. The first-order valence-electron chi connectivity index (χ1n) is 10.9. The number of rotatable bonds is 5. The molecule has 0 fully saturated rings. The van der Waals surface area contributed by atoms with Crippen molar-refractivity contribution in [3.05, 3.63) is 70.9 Å². The number of amides is 1. The number of hydrogen-bond acceptors (Lipinski definition) is 1. The summed E-state index contributed by atoms with van der Waals surface area (Å²) in [5.41, 5.74) is 2.61. The predicted octanol–water partition coefficient (Wildman–Crippen LogP) is 6.94. The number of aryl methyl sites for hydroxylation is 1. The van der Waals surface area contributed by atoms with E-state index in [2.05, 4.69) is 23.7 Å².